The van der Waals surface area contributed by atoms with Gasteiger partial charge in [0.25, 0.3) is 0 Å². The maximum absolute atomic E-state index is 5.86. The van der Waals surface area contributed by atoms with Gasteiger partial charge in [0, 0.05) is 22.2 Å². The van der Waals surface area contributed by atoms with Crippen molar-refractivity contribution in [3.8, 4) is 0 Å². The van der Waals surface area contributed by atoms with Gasteiger partial charge in [0.05, 0.1) is 12.2 Å². The van der Waals surface area contributed by atoms with Crippen molar-refractivity contribution in [2.75, 3.05) is 0 Å². The summed E-state index contributed by atoms with van der Waals surface area (Å²) in [4.78, 5) is 11.7. The first-order valence-electron chi connectivity index (χ1n) is 8.93. The molecular formula is C18H37N3O2. The predicted octanol–water partition coefficient (Wildman–Crippen LogP) is 3.06. The molecule has 0 aromatic heterocycles. The molecule has 2 rings (SSSR count). The second-order valence-corrected chi connectivity index (χ2v) is 10.2. The van der Waals surface area contributed by atoms with Crippen molar-refractivity contribution in [2.24, 2.45) is 0 Å². The molecule has 2 saturated heterocycles. The summed E-state index contributed by atoms with van der Waals surface area (Å²) in [7, 11) is 0. The van der Waals surface area contributed by atoms with Crippen LogP contribution in [0, 0.1) is 0 Å². The van der Waals surface area contributed by atoms with Crippen LogP contribution in [-0.2, 0) is 9.68 Å². The summed E-state index contributed by atoms with van der Waals surface area (Å²) >= 11 is 0. The first-order chi connectivity index (χ1) is 10.3. The molecule has 0 atom stereocenters. The zero-order valence-electron chi connectivity index (χ0n) is 16.3. The molecule has 0 saturated carbocycles. The van der Waals surface area contributed by atoms with E-state index in [4.69, 9.17) is 9.68 Å². The van der Waals surface area contributed by atoms with Gasteiger partial charge in [-0.05, 0) is 81.1 Å². The Kier molecular flexibility index (Phi) is 5.21. The molecular weight excluding hydrogens is 290 g/mol. The highest BCUT2D eigenvalue weighted by Crippen LogP contribution is 2.31. The summed E-state index contributed by atoms with van der Waals surface area (Å²) in [6.45, 7) is 17.8. The summed E-state index contributed by atoms with van der Waals surface area (Å²) < 4.78 is 0. The van der Waals surface area contributed by atoms with E-state index in [-0.39, 0.29) is 34.4 Å². The summed E-state index contributed by atoms with van der Waals surface area (Å²) in [5.74, 6) is 0. The van der Waals surface area contributed by atoms with Gasteiger partial charge in [0.2, 0.25) is 0 Å². The Labute approximate surface area is 142 Å². The minimum atomic E-state index is 0.0762. The maximum atomic E-state index is 5.86. The van der Waals surface area contributed by atoms with E-state index >= 15 is 0 Å². The second-order valence-electron chi connectivity index (χ2n) is 10.2. The zero-order chi connectivity index (χ0) is 17.5. The lowest BCUT2D eigenvalue weighted by Gasteiger charge is -2.47. The molecule has 0 unspecified atom stereocenters. The van der Waals surface area contributed by atoms with Crippen molar-refractivity contribution in [1.29, 1.82) is 0 Å². The molecule has 2 aliphatic rings. The van der Waals surface area contributed by atoms with Gasteiger partial charge in [0.15, 0.2) is 0 Å². The van der Waals surface area contributed by atoms with Crippen LogP contribution < -0.4 is 16.3 Å². The Bertz CT molecular complexity index is 348. The molecule has 2 heterocycles. The first kappa shape index (κ1) is 19.1. The predicted molar refractivity (Wildman–Crippen MR) is 93.9 cm³/mol. The van der Waals surface area contributed by atoms with Gasteiger partial charge in [0.1, 0.15) is 0 Å². The van der Waals surface area contributed by atoms with Crippen LogP contribution in [0.5, 0.6) is 0 Å². The van der Waals surface area contributed by atoms with E-state index in [1.165, 1.54) is 0 Å². The molecule has 0 radical (unpaired) electrons. The van der Waals surface area contributed by atoms with E-state index in [1.54, 1.807) is 0 Å². The van der Waals surface area contributed by atoms with E-state index in [2.05, 4.69) is 71.7 Å². The number of hydrogen-bond acceptors (Lipinski definition) is 5. The molecule has 0 bridgehead atoms. The smallest absolute Gasteiger partial charge is 0.0851 e. The topological polar surface area (TPSA) is 54.5 Å². The van der Waals surface area contributed by atoms with Crippen LogP contribution in [0.2, 0.25) is 0 Å². The van der Waals surface area contributed by atoms with Gasteiger partial charge >= 0.3 is 0 Å². The molecule has 2 aliphatic heterocycles. The van der Waals surface area contributed by atoms with Gasteiger partial charge in [-0.1, -0.05) is 5.64 Å². The van der Waals surface area contributed by atoms with Crippen molar-refractivity contribution in [3.63, 3.8) is 0 Å². The second kappa shape index (κ2) is 6.26. The largest absolute Gasteiger partial charge is 0.307 e. The first-order valence-corrected chi connectivity index (χ1v) is 8.93. The number of rotatable bonds is 4. The average molecular weight is 328 g/mol. The fraction of sp³-hybridized carbons (Fsp3) is 1.00. The molecule has 0 amide bonds. The molecule has 5 nitrogen and oxygen atoms in total. The van der Waals surface area contributed by atoms with Crippen LogP contribution in [0.1, 0.15) is 81.1 Å². The molecule has 5 heteroatoms. The molecule has 0 aromatic carbocycles. The molecule has 0 spiro atoms. The lowest BCUT2D eigenvalue weighted by atomic mass is 9.81. The van der Waals surface area contributed by atoms with Gasteiger partial charge in [-0.3, -0.25) is 9.68 Å². The molecule has 2 fully saturated rings. The third-order valence-electron chi connectivity index (χ3n) is 4.74. The standard InChI is InChI=1S/C18H37N3O2/c1-15(2)9-13(10-16(3,4)19-15)22-21-23-14-11-17(5,6)20-18(7,8)12-14/h13-14,19-21H,9-12H2,1-8H3. The van der Waals surface area contributed by atoms with Gasteiger partial charge in [-0.2, -0.15) is 0 Å². The molecule has 0 aromatic rings. The van der Waals surface area contributed by atoms with Gasteiger partial charge < -0.3 is 10.6 Å². The molecule has 23 heavy (non-hydrogen) atoms. The van der Waals surface area contributed by atoms with Crippen LogP contribution in [0.15, 0.2) is 0 Å². The Morgan fingerprint density at radius 1 is 0.609 bits per heavy atom. The van der Waals surface area contributed by atoms with E-state index < -0.39 is 0 Å². The van der Waals surface area contributed by atoms with Crippen LogP contribution >= 0.6 is 0 Å². The summed E-state index contributed by atoms with van der Waals surface area (Å²) in [5, 5.41) is 7.33. The lowest BCUT2D eigenvalue weighted by molar-refractivity contribution is -0.242. The van der Waals surface area contributed by atoms with Crippen molar-refractivity contribution < 1.29 is 9.68 Å². The number of nitrogens with one attached hydrogen (secondary N) is 3. The Morgan fingerprint density at radius 2 is 0.870 bits per heavy atom. The van der Waals surface area contributed by atoms with E-state index in [0.29, 0.717) is 0 Å². The normalized spacial score (nSPS) is 30.3. The van der Waals surface area contributed by atoms with E-state index in [9.17, 15) is 0 Å². The molecule has 0 aliphatic carbocycles. The Hall–Kier alpha value is -0.200. The quantitative estimate of drug-likeness (QED) is 0.693. The highest BCUT2D eigenvalue weighted by molar-refractivity contribution is 4.98. The lowest BCUT2D eigenvalue weighted by Crippen LogP contribution is -2.61. The van der Waals surface area contributed by atoms with Crippen molar-refractivity contribution in [1.82, 2.24) is 16.3 Å². The minimum Gasteiger partial charge on any atom is -0.307 e. The van der Waals surface area contributed by atoms with Crippen LogP contribution in [0.3, 0.4) is 0 Å². The summed E-state index contributed by atoms with van der Waals surface area (Å²) in [5.41, 5.74) is 3.13. The number of piperidine rings is 2. The zero-order valence-corrected chi connectivity index (χ0v) is 16.3. The average Bonchev–Trinajstić information content (AvgIpc) is 2.19. The van der Waals surface area contributed by atoms with Crippen LogP contribution in [-0.4, -0.2) is 34.4 Å². The molecule has 3 N–H and O–H groups in total. The maximum Gasteiger partial charge on any atom is 0.0851 e. The van der Waals surface area contributed by atoms with Crippen molar-refractivity contribution >= 4 is 0 Å². The Balaban J connectivity index is 1.83. The highest BCUT2D eigenvalue weighted by Gasteiger charge is 2.40. The monoisotopic (exact) mass is 327 g/mol. The van der Waals surface area contributed by atoms with Crippen molar-refractivity contribution in [2.45, 2.75) is 115 Å². The van der Waals surface area contributed by atoms with Crippen LogP contribution in [0.25, 0.3) is 0 Å². The fourth-order valence-corrected chi connectivity index (χ4v) is 4.79. The SMILES string of the molecule is CC1(C)CC(ONOC2CC(C)(C)NC(C)(C)C2)CC(C)(C)N1. The Morgan fingerprint density at radius 3 is 1.13 bits per heavy atom. The van der Waals surface area contributed by atoms with E-state index in [0.717, 1.165) is 25.7 Å². The highest BCUT2D eigenvalue weighted by atomic mass is 16.9. The minimum absolute atomic E-state index is 0.0762. The van der Waals surface area contributed by atoms with E-state index in [1.807, 2.05) is 0 Å². The third-order valence-corrected chi connectivity index (χ3v) is 4.74. The van der Waals surface area contributed by atoms with Gasteiger partial charge in [-0.25, -0.2) is 0 Å². The third kappa shape index (κ3) is 5.98. The summed E-state index contributed by atoms with van der Waals surface area (Å²) in [6, 6.07) is 0. The van der Waals surface area contributed by atoms with Crippen LogP contribution in [0.4, 0.5) is 0 Å². The van der Waals surface area contributed by atoms with Crippen molar-refractivity contribution in [3.05, 3.63) is 0 Å². The fourth-order valence-electron chi connectivity index (χ4n) is 4.79. The number of hydrogen-bond donors (Lipinski definition) is 3. The summed E-state index contributed by atoms with van der Waals surface area (Å²) in [6.07, 6.45) is 4.19. The molecule has 136 valence electrons. The van der Waals surface area contributed by atoms with Gasteiger partial charge in [-0.15, -0.1) is 0 Å².